The highest BCUT2D eigenvalue weighted by Crippen LogP contribution is 2.20. The third-order valence-corrected chi connectivity index (χ3v) is 3.57. The highest BCUT2D eigenvalue weighted by molar-refractivity contribution is 5.95. The molecule has 1 fully saturated rings. The summed E-state index contributed by atoms with van der Waals surface area (Å²) in [5.41, 5.74) is 0.475. The maximum Gasteiger partial charge on any atom is 0.256 e. The van der Waals surface area contributed by atoms with Crippen LogP contribution in [0.5, 0.6) is 0 Å². The minimum atomic E-state index is -0.583. The van der Waals surface area contributed by atoms with Crippen LogP contribution < -0.4 is 0 Å². The average molecular weight is 291 g/mol. The van der Waals surface area contributed by atoms with E-state index >= 15 is 0 Å². The molecule has 4 nitrogen and oxygen atoms in total. The number of amides is 1. The van der Waals surface area contributed by atoms with E-state index in [1.165, 1.54) is 18.2 Å². The van der Waals surface area contributed by atoms with Gasteiger partial charge in [0.2, 0.25) is 0 Å². The third kappa shape index (κ3) is 3.81. The summed E-state index contributed by atoms with van der Waals surface area (Å²) in [6, 6.07) is 4.09. The number of piperidine rings is 1. The molecule has 21 heavy (non-hydrogen) atoms. The maximum atomic E-state index is 13.9. The fraction of sp³-hybridized carbons (Fsp3) is 0.438. The first-order valence-corrected chi connectivity index (χ1v) is 6.95. The Morgan fingerprint density at radius 3 is 2.95 bits per heavy atom. The number of nitrogens with zero attached hydrogens (tertiary/aromatic N) is 1. The van der Waals surface area contributed by atoms with Crippen LogP contribution in [0, 0.1) is 23.6 Å². The fourth-order valence-corrected chi connectivity index (χ4v) is 2.48. The number of aliphatic hydroxyl groups is 2. The molecule has 1 saturated heterocycles. The Kier molecular flexibility index (Phi) is 5.32. The van der Waals surface area contributed by atoms with E-state index in [0.717, 1.165) is 12.8 Å². The molecular formula is C16H18FNO3. The molecule has 0 aromatic heterocycles. The molecule has 1 aliphatic heterocycles. The Morgan fingerprint density at radius 2 is 2.24 bits per heavy atom. The predicted octanol–water partition coefficient (Wildman–Crippen LogP) is 1.01. The van der Waals surface area contributed by atoms with Crippen LogP contribution in [-0.2, 0) is 0 Å². The van der Waals surface area contributed by atoms with Gasteiger partial charge < -0.3 is 15.1 Å². The van der Waals surface area contributed by atoms with E-state index < -0.39 is 5.82 Å². The lowest BCUT2D eigenvalue weighted by molar-refractivity contribution is 0.0616. The van der Waals surface area contributed by atoms with Crippen LogP contribution in [0.4, 0.5) is 4.39 Å². The van der Waals surface area contributed by atoms with E-state index in [9.17, 15) is 14.3 Å². The van der Waals surface area contributed by atoms with Gasteiger partial charge in [0.25, 0.3) is 5.91 Å². The van der Waals surface area contributed by atoms with Gasteiger partial charge in [-0.3, -0.25) is 4.79 Å². The van der Waals surface area contributed by atoms with Gasteiger partial charge in [0.05, 0.1) is 5.56 Å². The quantitative estimate of drug-likeness (QED) is 0.800. The minimum absolute atomic E-state index is 0.0154. The second-order valence-electron chi connectivity index (χ2n) is 5.10. The van der Waals surface area contributed by atoms with Crippen molar-refractivity contribution in [3.63, 3.8) is 0 Å². The van der Waals surface area contributed by atoms with Crippen molar-refractivity contribution in [2.24, 2.45) is 5.92 Å². The largest absolute Gasteiger partial charge is 0.396 e. The summed E-state index contributed by atoms with van der Waals surface area (Å²) in [6.45, 7) is 0.766. The highest BCUT2D eigenvalue weighted by Gasteiger charge is 2.25. The number of carbonyl (C=O) groups excluding carboxylic acids is 1. The molecule has 1 aromatic rings. The van der Waals surface area contributed by atoms with Gasteiger partial charge in [-0.2, -0.15) is 0 Å². The van der Waals surface area contributed by atoms with Crippen LogP contribution in [0.3, 0.4) is 0 Å². The third-order valence-electron chi connectivity index (χ3n) is 3.57. The van der Waals surface area contributed by atoms with E-state index in [0.29, 0.717) is 18.7 Å². The summed E-state index contributed by atoms with van der Waals surface area (Å²) in [5.74, 6) is 4.23. The van der Waals surface area contributed by atoms with Crippen molar-refractivity contribution in [2.45, 2.75) is 12.8 Å². The minimum Gasteiger partial charge on any atom is -0.396 e. The number of aliphatic hydroxyl groups excluding tert-OH is 2. The molecule has 5 heteroatoms. The summed E-state index contributed by atoms with van der Waals surface area (Å²) >= 11 is 0. The summed E-state index contributed by atoms with van der Waals surface area (Å²) < 4.78 is 13.9. The molecule has 1 amide bonds. The Labute approximate surface area is 123 Å². The van der Waals surface area contributed by atoms with Crippen LogP contribution in [0.2, 0.25) is 0 Å². The second-order valence-corrected chi connectivity index (χ2v) is 5.10. The van der Waals surface area contributed by atoms with Crippen molar-refractivity contribution in [3.8, 4) is 11.8 Å². The van der Waals surface area contributed by atoms with Crippen LogP contribution in [-0.4, -0.2) is 47.3 Å². The van der Waals surface area contributed by atoms with Gasteiger partial charge in [-0.1, -0.05) is 11.8 Å². The van der Waals surface area contributed by atoms with Gasteiger partial charge in [0.1, 0.15) is 12.4 Å². The summed E-state index contributed by atoms with van der Waals surface area (Å²) in [5, 5.41) is 17.9. The number of benzene rings is 1. The topological polar surface area (TPSA) is 60.8 Å². The molecule has 112 valence electrons. The van der Waals surface area contributed by atoms with E-state index in [1.807, 2.05) is 0 Å². The monoisotopic (exact) mass is 291 g/mol. The summed E-state index contributed by atoms with van der Waals surface area (Å²) in [7, 11) is 0. The molecule has 0 radical (unpaired) electrons. The van der Waals surface area contributed by atoms with Crippen molar-refractivity contribution in [1.82, 2.24) is 4.90 Å². The number of carbonyl (C=O) groups is 1. The van der Waals surface area contributed by atoms with Crippen LogP contribution >= 0.6 is 0 Å². The second kappa shape index (κ2) is 7.21. The van der Waals surface area contributed by atoms with E-state index in [1.54, 1.807) is 4.90 Å². The van der Waals surface area contributed by atoms with E-state index in [-0.39, 0.29) is 30.6 Å². The van der Waals surface area contributed by atoms with Gasteiger partial charge >= 0.3 is 0 Å². The molecule has 1 heterocycles. The smallest absolute Gasteiger partial charge is 0.256 e. The van der Waals surface area contributed by atoms with E-state index in [2.05, 4.69) is 11.8 Å². The van der Waals surface area contributed by atoms with Gasteiger partial charge in [0, 0.05) is 25.3 Å². The van der Waals surface area contributed by atoms with Crippen molar-refractivity contribution in [3.05, 3.63) is 35.1 Å². The van der Waals surface area contributed by atoms with Crippen molar-refractivity contribution in [2.75, 3.05) is 26.3 Å². The lowest BCUT2D eigenvalue weighted by Gasteiger charge is -2.32. The molecule has 1 aliphatic rings. The molecule has 0 saturated carbocycles. The van der Waals surface area contributed by atoms with Gasteiger partial charge in [-0.25, -0.2) is 4.39 Å². The number of halogens is 1. The predicted molar refractivity (Wildman–Crippen MR) is 76.1 cm³/mol. The Balaban J connectivity index is 2.21. The van der Waals surface area contributed by atoms with Crippen molar-refractivity contribution in [1.29, 1.82) is 0 Å². The summed E-state index contributed by atoms with van der Waals surface area (Å²) in [6.07, 6.45) is 1.69. The molecule has 1 atom stereocenters. The fourth-order valence-electron chi connectivity index (χ4n) is 2.48. The molecule has 1 unspecified atom stereocenters. The molecular weight excluding hydrogens is 273 g/mol. The van der Waals surface area contributed by atoms with Crippen molar-refractivity contribution >= 4 is 5.91 Å². The zero-order valence-electron chi connectivity index (χ0n) is 11.7. The normalized spacial score (nSPS) is 18.0. The molecule has 1 aromatic carbocycles. The van der Waals surface area contributed by atoms with Gasteiger partial charge in [-0.05, 0) is 37.0 Å². The Morgan fingerprint density at radius 1 is 1.43 bits per heavy atom. The zero-order valence-corrected chi connectivity index (χ0v) is 11.7. The Bertz CT molecular complexity index is 577. The highest BCUT2D eigenvalue weighted by atomic mass is 19.1. The standard InChI is InChI=1S/C16H18FNO3/c17-15-6-5-12(4-2-8-19)9-14(15)16(21)18-7-1-3-13(10-18)11-20/h5-6,9,13,19-20H,1,3,7-8,10-11H2. The Hall–Kier alpha value is -1.90. The SMILES string of the molecule is O=C(c1cc(C#CCO)ccc1F)N1CCCC(CO)C1. The first-order chi connectivity index (χ1) is 10.2. The number of likely N-dealkylation sites (tertiary alicyclic amines) is 1. The number of hydrogen-bond donors (Lipinski definition) is 2. The van der Waals surface area contributed by atoms with E-state index in [4.69, 9.17) is 5.11 Å². The average Bonchev–Trinajstić information content (AvgIpc) is 2.53. The first-order valence-electron chi connectivity index (χ1n) is 6.95. The lowest BCUT2D eigenvalue weighted by Crippen LogP contribution is -2.41. The number of rotatable bonds is 2. The summed E-state index contributed by atoms with van der Waals surface area (Å²) in [4.78, 5) is 14.0. The molecule has 2 rings (SSSR count). The van der Waals surface area contributed by atoms with Crippen LogP contribution in [0.1, 0.15) is 28.8 Å². The van der Waals surface area contributed by atoms with Crippen molar-refractivity contribution < 1.29 is 19.4 Å². The molecule has 2 N–H and O–H groups in total. The maximum absolute atomic E-state index is 13.9. The van der Waals surface area contributed by atoms with Crippen LogP contribution in [0.25, 0.3) is 0 Å². The molecule has 0 spiro atoms. The van der Waals surface area contributed by atoms with Gasteiger partial charge in [0.15, 0.2) is 0 Å². The molecule has 0 aliphatic carbocycles. The lowest BCUT2D eigenvalue weighted by atomic mass is 9.98. The van der Waals surface area contributed by atoms with Gasteiger partial charge in [-0.15, -0.1) is 0 Å². The first kappa shape index (κ1) is 15.5. The van der Waals surface area contributed by atoms with Crippen LogP contribution in [0.15, 0.2) is 18.2 Å². The number of hydrogen-bond acceptors (Lipinski definition) is 3. The molecule has 0 bridgehead atoms. The zero-order chi connectivity index (χ0) is 15.2.